The Morgan fingerprint density at radius 3 is 2.68 bits per heavy atom. The fourth-order valence-corrected chi connectivity index (χ4v) is 2.29. The molecular formula is C13H23N5O. The predicted molar refractivity (Wildman–Crippen MR) is 75.1 cm³/mol. The van der Waals surface area contributed by atoms with Gasteiger partial charge in [0, 0.05) is 38.3 Å². The summed E-state index contributed by atoms with van der Waals surface area (Å²) in [5.41, 5.74) is 0. The molecule has 1 atom stereocenters. The Bertz CT molecular complexity index is 422. The van der Waals surface area contributed by atoms with Gasteiger partial charge in [0.1, 0.15) is 5.82 Å². The quantitative estimate of drug-likeness (QED) is 0.841. The van der Waals surface area contributed by atoms with Crippen LogP contribution in [0.5, 0.6) is 0 Å². The van der Waals surface area contributed by atoms with Gasteiger partial charge in [-0.15, -0.1) is 0 Å². The van der Waals surface area contributed by atoms with Gasteiger partial charge in [-0.2, -0.15) is 5.10 Å². The van der Waals surface area contributed by atoms with E-state index in [2.05, 4.69) is 20.6 Å². The Morgan fingerprint density at radius 2 is 2.05 bits per heavy atom. The first-order valence-electron chi connectivity index (χ1n) is 6.88. The molecule has 1 unspecified atom stereocenters. The van der Waals surface area contributed by atoms with Crippen LogP contribution in [0.3, 0.4) is 0 Å². The highest BCUT2D eigenvalue weighted by Gasteiger charge is 2.23. The van der Waals surface area contributed by atoms with E-state index >= 15 is 0 Å². The van der Waals surface area contributed by atoms with Crippen LogP contribution in [0.4, 0.5) is 5.82 Å². The number of hydrogen-bond donors (Lipinski definition) is 2. The molecule has 106 valence electrons. The third kappa shape index (κ3) is 3.33. The van der Waals surface area contributed by atoms with E-state index in [1.54, 1.807) is 6.20 Å². The van der Waals surface area contributed by atoms with Crippen LogP contribution in [0.2, 0.25) is 0 Å². The van der Waals surface area contributed by atoms with Crippen LogP contribution in [0.15, 0.2) is 12.3 Å². The molecule has 0 saturated carbocycles. The van der Waals surface area contributed by atoms with Gasteiger partial charge in [0.2, 0.25) is 5.91 Å². The number of nitrogens with zero attached hydrogens (tertiary/aromatic N) is 3. The molecule has 6 nitrogen and oxygen atoms in total. The zero-order valence-corrected chi connectivity index (χ0v) is 11.9. The van der Waals surface area contributed by atoms with Gasteiger partial charge in [0.05, 0.1) is 12.2 Å². The molecule has 6 heteroatoms. The third-order valence-corrected chi connectivity index (χ3v) is 3.49. The van der Waals surface area contributed by atoms with Crippen molar-refractivity contribution in [3.63, 3.8) is 0 Å². The van der Waals surface area contributed by atoms with Crippen molar-refractivity contribution in [2.75, 3.05) is 31.5 Å². The highest BCUT2D eigenvalue weighted by Crippen LogP contribution is 2.14. The second-order valence-electron chi connectivity index (χ2n) is 5.21. The Hall–Kier alpha value is -1.40. The Balaban J connectivity index is 1.97. The standard InChI is InChI=1S/C13H23N5O/c1-10(2)18-12(4-5-15-18)16-13(19)11(3)17-8-6-14-7-9-17/h4-5,10-11,14H,6-9H2,1-3H3,(H,16,19). The lowest BCUT2D eigenvalue weighted by molar-refractivity contribution is -0.121. The summed E-state index contributed by atoms with van der Waals surface area (Å²) in [6, 6.07) is 1.96. The summed E-state index contributed by atoms with van der Waals surface area (Å²) in [4.78, 5) is 14.5. The predicted octanol–water partition coefficient (Wildman–Crippen LogP) is 0.696. The minimum absolute atomic E-state index is 0.0318. The fourth-order valence-electron chi connectivity index (χ4n) is 2.29. The third-order valence-electron chi connectivity index (χ3n) is 3.49. The van der Waals surface area contributed by atoms with Crippen LogP contribution in [0.25, 0.3) is 0 Å². The van der Waals surface area contributed by atoms with E-state index in [4.69, 9.17) is 0 Å². The summed E-state index contributed by atoms with van der Waals surface area (Å²) in [6.07, 6.45) is 1.71. The van der Waals surface area contributed by atoms with E-state index in [0.717, 1.165) is 32.0 Å². The summed E-state index contributed by atoms with van der Waals surface area (Å²) in [6.45, 7) is 9.76. The molecular weight excluding hydrogens is 242 g/mol. The first kappa shape index (κ1) is 14.0. The highest BCUT2D eigenvalue weighted by atomic mass is 16.2. The van der Waals surface area contributed by atoms with Crippen LogP contribution in [0.1, 0.15) is 26.8 Å². The summed E-state index contributed by atoms with van der Waals surface area (Å²) < 4.78 is 1.82. The van der Waals surface area contributed by atoms with Crippen molar-refractivity contribution < 1.29 is 4.79 Å². The molecule has 1 aromatic heterocycles. The molecule has 1 amide bonds. The van der Waals surface area contributed by atoms with Crippen molar-refractivity contribution >= 4 is 11.7 Å². The number of piperazine rings is 1. The monoisotopic (exact) mass is 265 g/mol. The Morgan fingerprint density at radius 1 is 1.37 bits per heavy atom. The molecule has 0 bridgehead atoms. The largest absolute Gasteiger partial charge is 0.314 e. The number of carbonyl (C=O) groups is 1. The minimum atomic E-state index is -0.113. The number of hydrogen-bond acceptors (Lipinski definition) is 4. The van der Waals surface area contributed by atoms with E-state index in [1.165, 1.54) is 0 Å². The number of aromatic nitrogens is 2. The summed E-state index contributed by atoms with van der Waals surface area (Å²) in [5, 5.41) is 10.5. The van der Waals surface area contributed by atoms with E-state index in [0.29, 0.717) is 0 Å². The van der Waals surface area contributed by atoms with E-state index in [-0.39, 0.29) is 18.0 Å². The molecule has 0 radical (unpaired) electrons. The van der Waals surface area contributed by atoms with Crippen molar-refractivity contribution in [1.29, 1.82) is 0 Å². The van der Waals surface area contributed by atoms with Crippen LogP contribution >= 0.6 is 0 Å². The lowest BCUT2D eigenvalue weighted by Crippen LogP contribution is -2.51. The molecule has 1 aliphatic heterocycles. The molecule has 2 rings (SSSR count). The molecule has 1 saturated heterocycles. The SMILES string of the molecule is CC(C(=O)Nc1ccnn1C(C)C)N1CCNCC1. The van der Waals surface area contributed by atoms with Gasteiger partial charge in [0.25, 0.3) is 0 Å². The number of rotatable bonds is 4. The number of anilines is 1. The normalized spacial score (nSPS) is 18.5. The van der Waals surface area contributed by atoms with E-state index < -0.39 is 0 Å². The lowest BCUT2D eigenvalue weighted by atomic mass is 10.2. The smallest absolute Gasteiger partial charge is 0.242 e. The topological polar surface area (TPSA) is 62.2 Å². The van der Waals surface area contributed by atoms with Crippen LogP contribution in [-0.2, 0) is 4.79 Å². The average Bonchev–Trinajstić information content (AvgIpc) is 2.87. The lowest BCUT2D eigenvalue weighted by Gasteiger charge is -2.31. The molecule has 19 heavy (non-hydrogen) atoms. The van der Waals surface area contributed by atoms with Crippen LogP contribution < -0.4 is 10.6 Å². The molecule has 2 N–H and O–H groups in total. The van der Waals surface area contributed by atoms with Gasteiger partial charge in [-0.1, -0.05) is 0 Å². The molecule has 1 fully saturated rings. The van der Waals surface area contributed by atoms with Gasteiger partial charge in [-0.05, 0) is 20.8 Å². The maximum atomic E-state index is 12.3. The van der Waals surface area contributed by atoms with Crippen molar-refractivity contribution in [2.45, 2.75) is 32.9 Å². The van der Waals surface area contributed by atoms with Gasteiger partial charge in [-0.25, -0.2) is 4.68 Å². The number of carbonyl (C=O) groups excluding carboxylic acids is 1. The first-order chi connectivity index (χ1) is 9.09. The van der Waals surface area contributed by atoms with Gasteiger partial charge in [0.15, 0.2) is 0 Å². The van der Waals surface area contributed by atoms with Crippen molar-refractivity contribution in [1.82, 2.24) is 20.0 Å². The van der Waals surface area contributed by atoms with Gasteiger partial charge in [-0.3, -0.25) is 9.69 Å². The van der Waals surface area contributed by atoms with Gasteiger partial charge >= 0.3 is 0 Å². The maximum absolute atomic E-state index is 12.3. The summed E-state index contributed by atoms with van der Waals surface area (Å²) in [5.74, 6) is 0.797. The van der Waals surface area contributed by atoms with Crippen molar-refractivity contribution in [3.05, 3.63) is 12.3 Å². The minimum Gasteiger partial charge on any atom is -0.314 e. The Labute approximate surface area is 114 Å². The van der Waals surface area contributed by atoms with Crippen LogP contribution in [-0.4, -0.2) is 52.8 Å². The van der Waals surface area contributed by atoms with E-state index in [1.807, 2.05) is 31.5 Å². The molecule has 0 aliphatic carbocycles. The average molecular weight is 265 g/mol. The second kappa shape index (κ2) is 6.16. The van der Waals surface area contributed by atoms with Gasteiger partial charge < -0.3 is 10.6 Å². The fraction of sp³-hybridized carbons (Fsp3) is 0.692. The van der Waals surface area contributed by atoms with E-state index in [9.17, 15) is 4.79 Å². The van der Waals surface area contributed by atoms with Crippen molar-refractivity contribution in [3.8, 4) is 0 Å². The molecule has 1 aliphatic rings. The number of amides is 1. The van der Waals surface area contributed by atoms with Crippen LogP contribution in [0, 0.1) is 0 Å². The summed E-state index contributed by atoms with van der Waals surface area (Å²) in [7, 11) is 0. The molecule has 0 aromatic carbocycles. The second-order valence-corrected chi connectivity index (χ2v) is 5.21. The number of nitrogens with one attached hydrogen (secondary N) is 2. The molecule has 2 heterocycles. The zero-order chi connectivity index (χ0) is 13.8. The maximum Gasteiger partial charge on any atom is 0.242 e. The zero-order valence-electron chi connectivity index (χ0n) is 11.9. The summed E-state index contributed by atoms with van der Waals surface area (Å²) >= 11 is 0. The highest BCUT2D eigenvalue weighted by molar-refractivity contribution is 5.93. The molecule has 0 spiro atoms. The molecule has 1 aromatic rings. The van der Waals surface area contributed by atoms with Crippen molar-refractivity contribution in [2.24, 2.45) is 0 Å². The Kier molecular flexibility index (Phi) is 4.55. The first-order valence-corrected chi connectivity index (χ1v) is 6.88.